The maximum absolute atomic E-state index is 11.4. The quantitative estimate of drug-likeness (QED) is 0.794. The molecule has 4 rings (SSSR count). The molecule has 2 bridgehead atoms. The molecule has 1 saturated heterocycles. The average molecular weight is 281 g/mol. The van der Waals surface area contributed by atoms with E-state index in [0.717, 1.165) is 31.4 Å². The topological polar surface area (TPSA) is 38.1 Å². The Balaban J connectivity index is 1.88. The fourth-order valence-electron chi connectivity index (χ4n) is 3.99. The van der Waals surface area contributed by atoms with Crippen LogP contribution in [0.4, 0.5) is 0 Å². The average Bonchev–Trinajstić information content (AvgIpc) is 2.83. The van der Waals surface area contributed by atoms with E-state index in [0.29, 0.717) is 6.04 Å². The first-order chi connectivity index (χ1) is 10.3. The van der Waals surface area contributed by atoms with Crippen LogP contribution in [0.2, 0.25) is 0 Å². The van der Waals surface area contributed by atoms with Crippen LogP contribution in [0.25, 0.3) is 11.3 Å². The molecule has 0 unspecified atom stereocenters. The largest absolute Gasteiger partial charge is 0.333 e. The van der Waals surface area contributed by atoms with Crippen LogP contribution in [0.1, 0.15) is 36.6 Å². The number of hydrogen-bond acceptors (Lipinski definition) is 2. The van der Waals surface area contributed by atoms with Crippen LogP contribution in [-0.2, 0) is 18.3 Å². The van der Waals surface area contributed by atoms with Gasteiger partial charge in [0.25, 0.3) is 0 Å². The van der Waals surface area contributed by atoms with Gasteiger partial charge in [-0.2, -0.15) is 5.10 Å². The van der Waals surface area contributed by atoms with Crippen molar-refractivity contribution < 1.29 is 4.79 Å². The number of aryl methyl sites for hydroxylation is 1. The molecule has 0 saturated carbocycles. The van der Waals surface area contributed by atoms with Crippen molar-refractivity contribution in [2.24, 2.45) is 7.05 Å². The maximum Gasteiger partial charge on any atom is 0.210 e. The molecule has 2 aromatic rings. The lowest BCUT2D eigenvalue weighted by molar-refractivity contribution is -0.125. The Morgan fingerprint density at radius 1 is 1.24 bits per heavy atom. The van der Waals surface area contributed by atoms with Crippen molar-refractivity contribution in [3.63, 3.8) is 0 Å². The number of benzene rings is 1. The van der Waals surface area contributed by atoms with E-state index in [1.807, 2.05) is 22.7 Å². The molecule has 4 heteroatoms. The number of fused-ring (bicyclic) bond motifs is 4. The molecule has 1 amide bonds. The van der Waals surface area contributed by atoms with Crippen molar-refractivity contribution in [1.82, 2.24) is 14.7 Å². The van der Waals surface area contributed by atoms with Crippen molar-refractivity contribution in [1.29, 1.82) is 0 Å². The molecule has 2 aliphatic heterocycles. The molecule has 1 aromatic heterocycles. The first-order valence-electron chi connectivity index (χ1n) is 7.63. The number of aromatic nitrogens is 2. The highest BCUT2D eigenvalue weighted by Crippen LogP contribution is 2.43. The number of hydrogen-bond donors (Lipinski definition) is 0. The van der Waals surface area contributed by atoms with Crippen LogP contribution >= 0.6 is 0 Å². The third-order valence-electron chi connectivity index (χ3n) is 4.90. The summed E-state index contributed by atoms with van der Waals surface area (Å²) in [5.41, 5.74) is 4.88. The highest BCUT2D eigenvalue weighted by molar-refractivity contribution is 5.66. The molecular formula is C17H19N3O. The molecule has 2 aliphatic rings. The van der Waals surface area contributed by atoms with Gasteiger partial charge in [0.1, 0.15) is 0 Å². The zero-order valence-electron chi connectivity index (χ0n) is 12.2. The molecular weight excluding hydrogens is 262 g/mol. The first-order valence-corrected chi connectivity index (χ1v) is 7.63. The summed E-state index contributed by atoms with van der Waals surface area (Å²) in [5, 5.41) is 4.76. The Hall–Kier alpha value is -2.10. The lowest BCUT2D eigenvalue weighted by Gasteiger charge is -2.43. The van der Waals surface area contributed by atoms with Gasteiger partial charge in [0, 0.05) is 24.2 Å². The van der Waals surface area contributed by atoms with Crippen molar-refractivity contribution in [2.45, 2.75) is 37.8 Å². The van der Waals surface area contributed by atoms with Gasteiger partial charge in [0.2, 0.25) is 6.41 Å². The Morgan fingerprint density at radius 3 is 2.81 bits per heavy atom. The van der Waals surface area contributed by atoms with E-state index >= 15 is 0 Å². The van der Waals surface area contributed by atoms with Crippen LogP contribution in [0.15, 0.2) is 30.3 Å². The fraction of sp³-hybridized carbons (Fsp3) is 0.412. The molecule has 0 N–H and O–H groups in total. The summed E-state index contributed by atoms with van der Waals surface area (Å²) in [6.45, 7) is 0. The molecule has 1 aromatic carbocycles. The predicted molar refractivity (Wildman–Crippen MR) is 80.6 cm³/mol. The van der Waals surface area contributed by atoms with Crippen molar-refractivity contribution in [2.75, 3.05) is 0 Å². The summed E-state index contributed by atoms with van der Waals surface area (Å²) in [6, 6.07) is 11.0. The van der Waals surface area contributed by atoms with Gasteiger partial charge in [0.15, 0.2) is 0 Å². The number of rotatable bonds is 2. The van der Waals surface area contributed by atoms with E-state index in [1.54, 1.807) is 0 Å². The minimum Gasteiger partial charge on any atom is -0.333 e. The second kappa shape index (κ2) is 4.72. The predicted octanol–water partition coefficient (Wildman–Crippen LogP) is 2.70. The van der Waals surface area contributed by atoms with Crippen LogP contribution in [-0.4, -0.2) is 27.1 Å². The number of carbonyl (C=O) groups is 1. The first kappa shape index (κ1) is 12.6. The number of nitrogens with zero attached hydrogens (tertiary/aromatic N) is 3. The van der Waals surface area contributed by atoms with E-state index in [9.17, 15) is 4.79 Å². The molecule has 0 aliphatic carbocycles. The van der Waals surface area contributed by atoms with Gasteiger partial charge in [-0.15, -0.1) is 0 Å². The van der Waals surface area contributed by atoms with Crippen molar-refractivity contribution in [3.8, 4) is 11.3 Å². The van der Waals surface area contributed by atoms with Crippen LogP contribution < -0.4 is 0 Å². The maximum atomic E-state index is 11.4. The van der Waals surface area contributed by atoms with Crippen LogP contribution in [0.5, 0.6) is 0 Å². The van der Waals surface area contributed by atoms with Crippen molar-refractivity contribution >= 4 is 6.41 Å². The lowest BCUT2D eigenvalue weighted by atomic mass is 9.82. The molecule has 0 radical (unpaired) electrons. The molecule has 108 valence electrons. The van der Waals surface area contributed by atoms with Crippen LogP contribution in [0, 0.1) is 0 Å². The smallest absolute Gasteiger partial charge is 0.210 e. The summed E-state index contributed by atoms with van der Waals surface area (Å²) in [7, 11) is 2.01. The Labute approximate surface area is 124 Å². The zero-order chi connectivity index (χ0) is 14.4. The molecule has 4 nitrogen and oxygen atoms in total. The summed E-state index contributed by atoms with van der Waals surface area (Å²) >= 11 is 0. The van der Waals surface area contributed by atoms with Gasteiger partial charge in [-0.1, -0.05) is 30.3 Å². The highest BCUT2D eigenvalue weighted by Gasteiger charge is 2.40. The third-order valence-corrected chi connectivity index (χ3v) is 4.90. The van der Waals surface area contributed by atoms with E-state index < -0.39 is 0 Å². The highest BCUT2D eigenvalue weighted by atomic mass is 16.1. The number of piperidine rings is 1. The summed E-state index contributed by atoms with van der Waals surface area (Å²) in [4.78, 5) is 13.4. The van der Waals surface area contributed by atoms with Gasteiger partial charge in [-0.25, -0.2) is 0 Å². The molecule has 1 fully saturated rings. The Kier molecular flexibility index (Phi) is 2.84. The van der Waals surface area contributed by atoms with E-state index in [2.05, 4.69) is 24.3 Å². The molecule has 0 spiro atoms. The monoisotopic (exact) mass is 281 g/mol. The summed E-state index contributed by atoms with van der Waals surface area (Å²) < 4.78 is 1.99. The van der Waals surface area contributed by atoms with E-state index in [-0.39, 0.29) is 6.04 Å². The Bertz CT molecular complexity index is 677. The lowest BCUT2D eigenvalue weighted by Crippen LogP contribution is -2.45. The standard InChI is InChI=1S/C17H19N3O/c1-19-17(12-6-3-2-4-7-12)14-10-13-8-5-9-15(16(14)18-19)20(13)11-21/h2-4,6-7,11,13,15H,5,8-10H2,1H3/t13-,15+/m0/s1. The van der Waals surface area contributed by atoms with Crippen molar-refractivity contribution in [3.05, 3.63) is 41.6 Å². The fourth-order valence-corrected chi connectivity index (χ4v) is 3.99. The molecule has 2 atom stereocenters. The van der Waals surface area contributed by atoms with Gasteiger partial charge in [0.05, 0.1) is 17.4 Å². The van der Waals surface area contributed by atoms with E-state index in [1.165, 1.54) is 23.2 Å². The summed E-state index contributed by atoms with van der Waals surface area (Å²) in [6.07, 6.45) is 5.29. The van der Waals surface area contributed by atoms with E-state index in [4.69, 9.17) is 5.10 Å². The third kappa shape index (κ3) is 1.82. The van der Waals surface area contributed by atoms with Crippen LogP contribution in [0.3, 0.4) is 0 Å². The SMILES string of the molecule is Cn1nc2c(c1-c1ccccc1)C[C@@H]1CCC[C@H]2N1C=O. The minimum absolute atomic E-state index is 0.175. The van der Waals surface area contributed by atoms with Gasteiger partial charge >= 0.3 is 0 Å². The number of carbonyl (C=O) groups excluding carboxylic acids is 1. The molecule has 21 heavy (non-hydrogen) atoms. The minimum atomic E-state index is 0.175. The van der Waals surface area contributed by atoms with Gasteiger partial charge in [-0.05, 0) is 25.7 Å². The van der Waals surface area contributed by atoms with Gasteiger partial charge in [-0.3, -0.25) is 9.48 Å². The summed E-state index contributed by atoms with van der Waals surface area (Å²) in [5.74, 6) is 0. The van der Waals surface area contributed by atoms with Gasteiger partial charge < -0.3 is 4.90 Å². The normalized spacial score (nSPS) is 23.8. The Morgan fingerprint density at radius 2 is 2.05 bits per heavy atom. The number of amides is 1. The second-order valence-electron chi connectivity index (χ2n) is 6.06. The second-order valence-corrected chi connectivity index (χ2v) is 6.06. The zero-order valence-corrected chi connectivity index (χ0v) is 12.2. The molecule has 3 heterocycles.